The number of hydrogen-bond acceptors (Lipinski definition) is 16. The number of aliphatic hydroxyl groups is 8. The lowest BCUT2D eigenvalue weighted by molar-refractivity contribution is -0.373. The van der Waals surface area contributed by atoms with Crippen molar-refractivity contribution in [2.75, 3.05) is 26.4 Å². The van der Waals surface area contributed by atoms with Gasteiger partial charge in [0.2, 0.25) is 5.91 Å². The average molecular weight is 623 g/mol. The van der Waals surface area contributed by atoms with E-state index in [2.05, 4.69) is 5.32 Å². The summed E-state index contributed by atoms with van der Waals surface area (Å²) in [6.07, 6.45) is -20.3. The smallest absolute Gasteiger partial charge is 0.217 e. The number of amides is 1. The summed E-state index contributed by atoms with van der Waals surface area (Å²) in [5, 5.41) is 85.6. The Bertz CT molecular complexity index is 802. The van der Waals surface area contributed by atoms with Crippen molar-refractivity contribution < 1.29 is 74.1 Å². The van der Waals surface area contributed by atoms with Crippen LogP contribution in [-0.4, -0.2) is 165 Å². The third kappa shape index (κ3) is 8.42. The van der Waals surface area contributed by atoms with Gasteiger partial charge >= 0.3 is 0 Å². The summed E-state index contributed by atoms with van der Waals surface area (Å²) in [4.78, 5) is 11.7. The molecule has 0 aromatic carbocycles. The molecule has 0 aliphatic carbocycles. The minimum atomic E-state index is -1.85. The van der Waals surface area contributed by atoms with E-state index in [0.717, 1.165) is 6.92 Å². The van der Waals surface area contributed by atoms with Crippen molar-refractivity contribution in [3.63, 3.8) is 0 Å². The average Bonchev–Trinajstić information content (AvgIpc) is 2.92. The quantitative estimate of drug-likeness (QED) is 0.0962. The fourth-order valence-corrected chi connectivity index (χ4v) is 4.81. The molecule has 41 heavy (non-hydrogen) atoms. The predicted octanol–water partition coefficient (Wildman–Crippen LogP) is -5.61. The van der Waals surface area contributed by atoms with Crippen molar-refractivity contribution >= 4 is 18.3 Å². The van der Waals surface area contributed by atoms with Crippen molar-refractivity contribution in [3.05, 3.63) is 0 Å². The molecule has 3 aliphatic rings. The minimum absolute atomic E-state index is 0. The van der Waals surface area contributed by atoms with Crippen LogP contribution in [0.15, 0.2) is 0 Å². The molecule has 3 fully saturated rings. The lowest BCUT2D eigenvalue weighted by atomic mass is 9.95. The minimum Gasteiger partial charge on any atom is -0.394 e. The van der Waals surface area contributed by atoms with E-state index in [-0.39, 0.29) is 19.0 Å². The molecule has 0 radical (unpaired) electrons. The van der Waals surface area contributed by atoms with Gasteiger partial charge in [-0.15, -0.1) is 12.4 Å². The summed E-state index contributed by atoms with van der Waals surface area (Å²) >= 11 is 0. The van der Waals surface area contributed by atoms with E-state index in [4.69, 9.17) is 34.2 Å². The number of rotatable bonds is 11. The molecule has 0 spiro atoms. The maximum atomic E-state index is 11.7. The fraction of sp³-hybridized carbons (Fsp3) is 0.957. The number of hydrogen-bond donors (Lipinski definition) is 10. The summed E-state index contributed by atoms with van der Waals surface area (Å²) in [5.74, 6) is -0.614. The number of nitrogens with one attached hydrogen (secondary N) is 1. The number of carbonyl (C=O) groups excluding carboxylic acids is 1. The van der Waals surface area contributed by atoms with Gasteiger partial charge in [-0.05, 0) is 19.9 Å². The first-order chi connectivity index (χ1) is 18.9. The van der Waals surface area contributed by atoms with E-state index in [1.165, 1.54) is 6.92 Å². The van der Waals surface area contributed by atoms with Gasteiger partial charge in [0.15, 0.2) is 18.9 Å². The zero-order chi connectivity index (χ0) is 29.7. The van der Waals surface area contributed by atoms with E-state index >= 15 is 0 Å². The number of halogens is 1. The van der Waals surface area contributed by atoms with Crippen LogP contribution in [0, 0.1) is 0 Å². The van der Waals surface area contributed by atoms with Gasteiger partial charge in [0.05, 0.1) is 25.9 Å². The molecular weight excluding hydrogens is 580 g/mol. The lowest BCUT2D eigenvalue weighted by Crippen LogP contribution is -2.68. The van der Waals surface area contributed by atoms with Crippen LogP contribution < -0.4 is 11.1 Å². The lowest BCUT2D eigenvalue weighted by Gasteiger charge is -2.48. The Morgan fingerprint density at radius 3 is 1.98 bits per heavy atom. The molecule has 0 saturated carbocycles. The molecule has 17 nitrogen and oxygen atoms in total. The zero-order valence-corrected chi connectivity index (χ0v) is 23.4. The van der Waals surface area contributed by atoms with Crippen LogP contribution in [0.1, 0.15) is 20.3 Å². The predicted molar refractivity (Wildman–Crippen MR) is 136 cm³/mol. The van der Waals surface area contributed by atoms with Crippen molar-refractivity contribution in [1.29, 1.82) is 0 Å². The standard InChI is InChI=1S/C23H42N2O15.ClH/c1-8-13(29)20(18(34)22(36-8)35-5-3-4-24)40-23-17(33)16(32)19(11(7-27)38-23)39-21-12(25-9(2)28)15(31)14(30)10(6-26)37-21;/h8,10-23,26-27,29-34H,3-7,24H2,1-2H3,(H,25,28);1H/t8-,10+,11+,12-,13-,14+,15+,16+,17+,18+,19+,20+,21-,22+,23+;/m0./s1. The van der Waals surface area contributed by atoms with Gasteiger partial charge in [0.1, 0.15) is 67.1 Å². The Morgan fingerprint density at radius 2 is 1.39 bits per heavy atom. The number of carbonyl (C=O) groups is 1. The third-order valence-corrected chi connectivity index (χ3v) is 7.07. The van der Waals surface area contributed by atoms with E-state index in [0.29, 0.717) is 13.0 Å². The zero-order valence-electron chi connectivity index (χ0n) is 22.6. The normalized spacial score (nSPS) is 45.1. The molecule has 1 amide bonds. The van der Waals surface area contributed by atoms with Gasteiger partial charge in [0, 0.05) is 6.92 Å². The molecular formula is C23H43ClN2O15. The maximum Gasteiger partial charge on any atom is 0.217 e. The van der Waals surface area contributed by atoms with Crippen LogP contribution in [0.4, 0.5) is 0 Å². The first-order valence-electron chi connectivity index (χ1n) is 13.1. The Labute approximate surface area is 242 Å². The third-order valence-electron chi connectivity index (χ3n) is 7.07. The van der Waals surface area contributed by atoms with E-state index < -0.39 is 111 Å². The molecule has 18 heteroatoms. The maximum absolute atomic E-state index is 11.7. The fourth-order valence-electron chi connectivity index (χ4n) is 4.81. The van der Waals surface area contributed by atoms with Crippen LogP contribution in [0.25, 0.3) is 0 Å². The van der Waals surface area contributed by atoms with Crippen molar-refractivity contribution in [2.24, 2.45) is 5.73 Å². The van der Waals surface area contributed by atoms with Gasteiger partial charge in [-0.25, -0.2) is 0 Å². The van der Waals surface area contributed by atoms with Gasteiger partial charge in [-0.2, -0.15) is 0 Å². The van der Waals surface area contributed by atoms with Crippen molar-refractivity contribution in [1.82, 2.24) is 5.32 Å². The van der Waals surface area contributed by atoms with Crippen LogP contribution >= 0.6 is 12.4 Å². The number of aliphatic hydroxyl groups excluding tert-OH is 8. The van der Waals surface area contributed by atoms with Gasteiger partial charge in [0.25, 0.3) is 0 Å². The molecule has 0 bridgehead atoms. The highest BCUT2D eigenvalue weighted by Gasteiger charge is 2.53. The molecule has 3 saturated heterocycles. The molecule has 3 rings (SSSR count). The number of nitrogens with two attached hydrogens (primary N) is 1. The van der Waals surface area contributed by atoms with Crippen LogP contribution in [0.2, 0.25) is 0 Å². The van der Waals surface area contributed by atoms with Crippen molar-refractivity contribution in [2.45, 2.75) is 112 Å². The highest BCUT2D eigenvalue weighted by atomic mass is 35.5. The summed E-state index contributed by atoms with van der Waals surface area (Å²) in [6, 6.07) is -1.36. The van der Waals surface area contributed by atoms with Crippen LogP contribution in [0.5, 0.6) is 0 Å². The van der Waals surface area contributed by atoms with Gasteiger partial charge < -0.3 is 80.3 Å². The second-order valence-electron chi connectivity index (χ2n) is 10.0. The molecule has 0 unspecified atom stereocenters. The monoisotopic (exact) mass is 622 g/mol. The summed E-state index contributed by atoms with van der Waals surface area (Å²) < 4.78 is 33.5. The van der Waals surface area contributed by atoms with Crippen molar-refractivity contribution in [3.8, 4) is 0 Å². The van der Waals surface area contributed by atoms with Crippen LogP contribution in [0.3, 0.4) is 0 Å². The molecule has 0 aromatic rings. The largest absolute Gasteiger partial charge is 0.394 e. The van der Waals surface area contributed by atoms with E-state index in [1.807, 2.05) is 0 Å². The number of ether oxygens (including phenoxy) is 6. The Hall–Kier alpha value is -0.840. The molecule has 0 aromatic heterocycles. The summed E-state index contributed by atoms with van der Waals surface area (Å²) in [6.45, 7) is 1.65. The molecule has 15 atom stereocenters. The van der Waals surface area contributed by atoms with Crippen LogP contribution in [-0.2, 0) is 33.2 Å². The second-order valence-corrected chi connectivity index (χ2v) is 10.0. The molecule has 242 valence electrons. The Morgan fingerprint density at radius 1 is 0.780 bits per heavy atom. The summed E-state index contributed by atoms with van der Waals surface area (Å²) in [7, 11) is 0. The summed E-state index contributed by atoms with van der Waals surface area (Å²) in [5.41, 5.74) is 5.45. The highest BCUT2D eigenvalue weighted by Crippen LogP contribution is 2.32. The first-order valence-corrected chi connectivity index (χ1v) is 13.1. The molecule has 11 N–H and O–H groups in total. The SMILES string of the molecule is CC(=O)N[C@@H]1[C@H](O[C@H]2[C@H](O)[C@@H](O)[C@@H](O[C@@H]3[C@@H](O)[C@H](C)O[C@@H](OCCCN)[C@@H]3O)O[C@@H]2CO)O[C@H](CO)[C@@H](O)[C@@H]1O.Cl. The Balaban J connectivity index is 0.00000588. The topological polar surface area (TPSA) is 272 Å². The molecule has 3 aliphatic heterocycles. The van der Waals surface area contributed by atoms with E-state index in [9.17, 15) is 45.6 Å². The van der Waals surface area contributed by atoms with Gasteiger partial charge in [-0.3, -0.25) is 4.79 Å². The molecule has 3 heterocycles. The highest BCUT2D eigenvalue weighted by molar-refractivity contribution is 5.85. The Kier molecular flexibility index (Phi) is 14.4. The van der Waals surface area contributed by atoms with E-state index in [1.54, 1.807) is 0 Å². The second kappa shape index (κ2) is 16.3. The van der Waals surface area contributed by atoms with Gasteiger partial charge in [-0.1, -0.05) is 0 Å². The first kappa shape index (κ1) is 36.4.